The molecular weight excluding hydrogens is 182 g/mol. The maximum atomic E-state index is 11.4. The first-order valence-corrected chi connectivity index (χ1v) is 4.78. The van der Waals surface area contributed by atoms with E-state index in [1.54, 1.807) is 6.92 Å². The molecule has 1 heterocycles. The number of hydrogen-bond acceptors (Lipinski definition) is 3. The molecule has 0 saturated heterocycles. The summed E-state index contributed by atoms with van der Waals surface area (Å²) in [6, 6.07) is 0. The van der Waals surface area contributed by atoms with Crippen LogP contribution in [0.25, 0.3) is 0 Å². The second kappa shape index (κ2) is 4.37. The number of hydrogen-bond donors (Lipinski definition) is 1. The average Bonchev–Trinajstić information content (AvgIpc) is 2.33. The highest BCUT2D eigenvalue weighted by Crippen LogP contribution is 2.13. The molecule has 1 atom stereocenters. The Morgan fingerprint density at radius 1 is 1.50 bits per heavy atom. The van der Waals surface area contributed by atoms with Crippen molar-refractivity contribution >= 4 is 11.8 Å². The number of nitrogens with zero attached hydrogens (tertiary/aromatic N) is 1. The van der Waals surface area contributed by atoms with E-state index < -0.39 is 6.10 Å². The molecule has 0 aromatic rings. The van der Waals surface area contributed by atoms with E-state index in [4.69, 9.17) is 0 Å². The molecule has 0 saturated carbocycles. The van der Waals surface area contributed by atoms with Gasteiger partial charge in [0.15, 0.2) is 0 Å². The molecule has 1 aliphatic rings. The summed E-state index contributed by atoms with van der Waals surface area (Å²) < 4.78 is 0. The Kier molecular flexibility index (Phi) is 3.41. The average molecular weight is 197 g/mol. The van der Waals surface area contributed by atoms with E-state index in [0.717, 1.165) is 11.3 Å². The molecule has 0 bridgehead atoms. The molecule has 2 amide bonds. The minimum atomic E-state index is -0.604. The van der Waals surface area contributed by atoms with Crippen molar-refractivity contribution in [2.24, 2.45) is 0 Å². The lowest BCUT2D eigenvalue weighted by molar-refractivity contribution is -0.138. The van der Waals surface area contributed by atoms with Crippen LogP contribution < -0.4 is 0 Å². The molecule has 0 radical (unpaired) electrons. The molecule has 78 valence electrons. The van der Waals surface area contributed by atoms with Gasteiger partial charge >= 0.3 is 0 Å². The molecule has 1 N–H and O–H groups in total. The molecular formula is C10H15NO3. The van der Waals surface area contributed by atoms with Crippen molar-refractivity contribution in [2.45, 2.75) is 32.8 Å². The minimum absolute atomic E-state index is 0.110. The fourth-order valence-corrected chi connectivity index (χ4v) is 1.45. The summed E-state index contributed by atoms with van der Waals surface area (Å²) in [5.74, 6) is -0.604. The van der Waals surface area contributed by atoms with Crippen molar-refractivity contribution in [3.63, 3.8) is 0 Å². The lowest BCUT2D eigenvalue weighted by Gasteiger charge is -2.18. The quantitative estimate of drug-likeness (QED) is 0.666. The molecule has 0 aliphatic carbocycles. The predicted molar refractivity (Wildman–Crippen MR) is 51.4 cm³/mol. The van der Waals surface area contributed by atoms with Crippen molar-refractivity contribution in [1.82, 2.24) is 4.90 Å². The highest BCUT2D eigenvalue weighted by Gasteiger charge is 2.29. The first kappa shape index (κ1) is 10.9. The zero-order chi connectivity index (χ0) is 10.7. The van der Waals surface area contributed by atoms with Gasteiger partial charge in [-0.15, -0.1) is 0 Å². The van der Waals surface area contributed by atoms with E-state index in [1.165, 1.54) is 6.08 Å². The summed E-state index contributed by atoms with van der Waals surface area (Å²) in [6.07, 6.45) is 2.15. The molecule has 14 heavy (non-hydrogen) atoms. The van der Waals surface area contributed by atoms with Crippen molar-refractivity contribution in [3.05, 3.63) is 11.6 Å². The van der Waals surface area contributed by atoms with Gasteiger partial charge in [0.25, 0.3) is 11.8 Å². The monoisotopic (exact) mass is 197 g/mol. The lowest BCUT2D eigenvalue weighted by Crippen LogP contribution is -2.37. The molecule has 4 heteroatoms. The molecule has 0 fully saturated rings. The third-order valence-corrected chi connectivity index (χ3v) is 2.20. The summed E-state index contributed by atoms with van der Waals surface area (Å²) >= 11 is 0. The van der Waals surface area contributed by atoms with Gasteiger partial charge in [-0.2, -0.15) is 0 Å². The van der Waals surface area contributed by atoms with Crippen LogP contribution in [0.4, 0.5) is 0 Å². The first-order chi connectivity index (χ1) is 6.56. The van der Waals surface area contributed by atoms with E-state index in [1.807, 2.05) is 6.92 Å². The Morgan fingerprint density at radius 3 is 2.57 bits per heavy atom. The number of carbonyl (C=O) groups is 2. The molecule has 0 spiro atoms. The van der Waals surface area contributed by atoms with Crippen LogP contribution in [0.2, 0.25) is 0 Å². The predicted octanol–water partition coefficient (Wildman–Crippen LogP) is 0.463. The largest absolute Gasteiger partial charge is 0.391 e. The Bertz CT molecular complexity index is 283. The van der Waals surface area contributed by atoms with E-state index in [9.17, 15) is 14.7 Å². The summed E-state index contributed by atoms with van der Waals surface area (Å²) in [7, 11) is 0. The number of carbonyl (C=O) groups excluding carboxylic acids is 2. The summed E-state index contributed by atoms with van der Waals surface area (Å²) in [6.45, 7) is 3.66. The van der Waals surface area contributed by atoms with Crippen LogP contribution in [-0.4, -0.2) is 34.5 Å². The van der Waals surface area contributed by atoms with Crippen LogP contribution in [0.5, 0.6) is 0 Å². The maximum absolute atomic E-state index is 11.4. The summed E-state index contributed by atoms with van der Waals surface area (Å²) in [5, 5.41) is 9.46. The van der Waals surface area contributed by atoms with Crippen molar-refractivity contribution in [1.29, 1.82) is 0 Å². The minimum Gasteiger partial charge on any atom is -0.391 e. The fraction of sp³-hybridized carbons (Fsp3) is 0.600. The highest BCUT2D eigenvalue weighted by atomic mass is 16.3. The van der Waals surface area contributed by atoms with Gasteiger partial charge in [0.1, 0.15) is 0 Å². The van der Waals surface area contributed by atoms with Crippen molar-refractivity contribution in [2.75, 3.05) is 6.54 Å². The lowest BCUT2D eigenvalue weighted by atomic mass is 10.2. The second-order valence-corrected chi connectivity index (χ2v) is 3.52. The number of aliphatic hydroxyl groups is 1. The first-order valence-electron chi connectivity index (χ1n) is 4.78. The van der Waals surface area contributed by atoms with E-state index in [0.29, 0.717) is 12.0 Å². The Hall–Kier alpha value is -1.16. The van der Waals surface area contributed by atoms with Crippen LogP contribution in [0.1, 0.15) is 26.7 Å². The molecule has 1 unspecified atom stereocenters. The molecule has 4 nitrogen and oxygen atoms in total. The Balaban J connectivity index is 2.55. The van der Waals surface area contributed by atoms with Crippen molar-refractivity contribution < 1.29 is 14.7 Å². The number of amides is 2. The van der Waals surface area contributed by atoms with Crippen LogP contribution in [0.15, 0.2) is 11.6 Å². The van der Waals surface area contributed by atoms with Gasteiger partial charge in [-0.1, -0.05) is 13.3 Å². The van der Waals surface area contributed by atoms with E-state index in [2.05, 4.69) is 0 Å². The van der Waals surface area contributed by atoms with Crippen molar-refractivity contribution in [3.8, 4) is 0 Å². The van der Waals surface area contributed by atoms with Crippen LogP contribution >= 0.6 is 0 Å². The van der Waals surface area contributed by atoms with Crippen LogP contribution in [0, 0.1) is 0 Å². The standard InChI is InChI=1S/C10H15NO3/c1-3-4-8(12)6-11-9(13)5-7(2)10(11)14/h5,8,12H,3-4,6H2,1-2H3. The molecule has 0 aromatic carbocycles. The number of imide groups is 1. The SMILES string of the molecule is CCCC(O)CN1C(=O)C=C(C)C1=O. The topological polar surface area (TPSA) is 57.6 Å². The van der Waals surface area contributed by atoms with Gasteiger partial charge in [0, 0.05) is 11.6 Å². The second-order valence-electron chi connectivity index (χ2n) is 3.52. The number of β-amino-alcohol motifs (C(OH)–C–C–N with tert-alkyl or cyclic N) is 1. The zero-order valence-corrected chi connectivity index (χ0v) is 8.49. The van der Waals surface area contributed by atoms with E-state index >= 15 is 0 Å². The van der Waals surface area contributed by atoms with Crippen LogP contribution in [0.3, 0.4) is 0 Å². The van der Waals surface area contributed by atoms with Crippen LogP contribution in [-0.2, 0) is 9.59 Å². The molecule has 0 aromatic heterocycles. The fourth-order valence-electron chi connectivity index (χ4n) is 1.45. The van der Waals surface area contributed by atoms with Gasteiger partial charge < -0.3 is 5.11 Å². The van der Waals surface area contributed by atoms with Gasteiger partial charge in [0.2, 0.25) is 0 Å². The Labute approximate surface area is 83.2 Å². The molecule has 1 rings (SSSR count). The normalized spacial score (nSPS) is 18.8. The highest BCUT2D eigenvalue weighted by molar-refractivity contribution is 6.15. The van der Waals surface area contributed by atoms with Gasteiger partial charge in [-0.25, -0.2) is 0 Å². The zero-order valence-electron chi connectivity index (χ0n) is 8.49. The third-order valence-electron chi connectivity index (χ3n) is 2.20. The third kappa shape index (κ3) is 2.20. The number of rotatable bonds is 4. The van der Waals surface area contributed by atoms with Gasteiger partial charge in [-0.3, -0.25) is 14.5 Å². The summed E-state index contributed by atoms with van der Waals surface area (Å²) in [4.78, 5) is 23.7. The smallest absolute Gasteiger partial charge is 0.256 e. The maximum Gasteiger partial charge on any atom is 0.256 e. The van der Waals surface area contributed by atoms with Gasteiger partial charge in [0.05, 0.1) is 12.6 Å². The van der Waals surface area contributed by atoms with E-state index in [-0.39, 0.29) is 18.4 Å². The Morgan fingerprint density at radius 2 is 2.14 bits per heavy atom. The van der Waals surface area contributed by atoms with Gasteiger partial charge in [-0.05, 0) is 13.3 Å². The summed E-state index contributed by atoms with van der Waals surface area (Å²) in [5.41, 5.74) is 0.443. The number of aliphatic hydroxyl groups excluding tert-OH is 1. The molecule has 1 aliphatic heterocycles.